The van der Waals surface area contributed by atoms with Crippen LogP contribution in [0.1, 0.15) is 53.0 Å². The van der Waals surface area contributed by atoms with Crippen LogP contribution < -0.4 is 5.32 Å². The molecule has 0 aliphatic carbocycles. The van der Waals surface area contributed by atoms with Crippen molar-refractivity contribution >= 4 is 41.8 Å². The Balaban J connectivity index is 0.00000181. The number of rotatable bonds is 8. The van der Waals surface area contributed by atoms with Crippen LogP contribution in [0.5, 0.6) is 0 Å². The summed E-state index contributed by atoms with van der Waals surface area (Å²) in [5.74, 6) is -1.02. The minimum Gasteiger partial charge on any atom is -0.481 e. The highest BCUT2D eigenvalue weighted by atomic mass is 35.5. The van der Waals surface area contributed by atoms with Crippen LogP contribution in [0.2, 0.25) is 0 Å². The number of hydrogen-bond acceptors (Lipinski definition) is 4. The fourth-order valence-corrected chi connectivity index (χ4v) is 4.41. The second-order valence-electron chi connectivity index (χ2n) is 8.00. The van der Waals surface area contributed by atoms with E-state index in [4.69, 9.17) is 0 Å². The normalized spacial score (nSPS) is 13.5. The molecule has 6 nitrogen and oxygen atoms in total. The van der Waals surface area contributed by atoms with E-state index in [0.29, 0.717) is 0 Å². The maximum Gasteiger partial charge on any atom is 0.304 e. The molecular formula is C24H30Cl2N4O2. The number of halogens is 2. The number of aromatic nitrogens is 3. The predicted molar refractivity (Wildman–Crippen MR) is 132 cm³/mol. The largest absolute Gasteiger partial charge is 0.481 e. The van der Waals surface area contributed by atoms with E-state index < -0.39 is 5.97 Å². The highest BCUT2D eigenvalue weighted by Crippen LogP contribution is 2.34. The van der Waals surface area contributed by atoms with Crippen molar-refractivity contribution in [3.05, 3.63) is 70.8 Å². The van der Waals surface area contributed by atoms with E-state index in [-0.39, 0.29) is 37.2 Å². The number of carbonyl (C=O) groups is 1. The lowest BCUT2D eigenvalue weighted by molar-refractivity contribution is -0.137. The van der Waals surface area contributed by atoms with Crippen LogP contribution in [-0.2, 0) is 24.3 Å². The zero-order valence-corrected chi connectivity index (χ0v) is 19.8. The third-order valence-corrected chi connectivity index (χ3v) is 6.03. The first kappa shape index (κ1) is 25.8. The van der Waals surface area contributed by atoms with Gasteiger partial charge in [-0.15, -0.1) is 36.5 Å². The summed E-state index contributed by atoms with van der Waals surface area (Å²) in [6.45, 7) is 8.40. The van der Waals surface area contributed by atoms with Gasteiger partial charge >= 0.3 is 5.97 Å². The van der Waals surface area contributed by atoms with E-state index in [1.165, 1.54) is 11.1 Å². The fourth-order valence-electron chi connectivity index (χ4n) is 4.41. The quantitative estimate of drug-likeness (QED) is 0.360. The van der Waals surface area contributed by atoms with Crippen molar-refractivity contribution in [3.8, 4) is 0 Å². The summed E-state index contributed by atoms with van der Waals surface area (Å²) in [6.07, 6.45) is 4.87. The monoisotopic (exact) mass is 476 g/mol. The maximum atomic E-state index is 11.7. The van der Waals surface area contributed by atoms with Crippen LogP contribution in [0.15, 0.2) is 43.0 Å². The highest BCUT2D eigenvalue weighted by molar-refractivity contribution is 5.85. The molecule has 0 spiro atoms. The Bertz CT molecular complexity index is 1100. The van der Waals surface area contributed by atoms with Crippen LogP contribution in [0.3, 0.4) is 0 Å². The van der Waals surface area contributed by atoms with Crippen molar-refractivity contribution in [3.63, 3.8) is 0 Å². The maximum absolute atomic E-state index is 11.7. The molecule has 1 atom stereocenters. The molecule has 3 aromatic rings. The first-order chi connectivity index (χ1) is 14.6. The molecule has 172 valence electrons. The Morgan fingerprint density at radius 1 is 1.28 bits per heavy atom. The number of hydrogen-bond donors (Lipinski definition) is 2. The van der Waals surface area contributed by atoms with E-state index in [1.54, 1.807) is 0 Å². The Labute approximate surface area is 200 Å². The van der Waals surface area contributed by atoms with Crippen molar-refractivity contribution in [2.75, 3.05) is 6.54 Å². The first-order valence-electron chi connectivity index (χ1n) is 10.6. The number of carboxylic acid groups (broad SMARTS) is 1. The van der Waals surface area contributed by atoms with Crippen LogP contribution in [0.4, 0.5) is 0 Å². The minimum atomic E-state index is -0.802. The first-order valence-corrected chi connectivity index (χ1v) is 10.6. The number of allylic oxidation sites excluding steroid dienone is 1. The van der Waals surface area contributed by atoms with Crippen LogP contribution in [0.25, 0.3) is 11.0 Å². The lowest BCUT2D eigenvalue weighted by Gasteiger charge is -2.23. The van der Waals surface area contributed by atoms with Crippen molar-refractivity contribution in [2.45, 2.75) is 51.6 Å². The Morgan fingerprint density at radius 2 is 2.09 bits per heavy atom. The highest BCUT2D eigenvalue weighted by Gasteiger charge is 2.23. The second-order valence-corrected chi connectivity index (χ2v) is 8.00. The number of aliphatic carboxylic acids is 1. The topological polar surface area (TPSA) is 80.0 Å². The smallest absolute Gasteiger partial charge is 0.304 e. The molecule has 0 bridgehead atoms. The van der Waals surface area contributed by atoms with Crippen molar-refractivity contribution < 1.29 is 9.90 Å². The van der Waals surface area contributed by atoms with Gasteiger partial charge in [-0.25, -0.2) is 4.68 Å². The fraction of sp³-hybridized carbons (Fsp3) is 0.375. The molecule has 0 saturated heterocycles. The number of nitrogens with one attached hydrogen (secondary N) is 1. The van der Waals surface area contributed by atoms with E-state index in [2.05, 4.69) is 46.5 Å². The molecule has 0 radical (unpaired) electrons. The molecule has 2 heterocycles. The van der Waals surface area contributed by atoms with Crippen LogP contribution in [-0.4, -0.2) is 32.6 Å². The summed E-state index contributed by atoms with van der Waals surface area (Å²) in [5, 5.41) is 21.8. The van der Waals surface area contributed by atoms with E-state index in [9.17, 15) is 9.90 Å². The van der Waals surface area contributed by atoms with Gasteiger partial charge in [0.1, 0.15) is 5.52 Å². The summed E-state index contributed by atoms with van der Waals surface area (Å²) in [5.41, 5.74) is 7.50. The Morgan fingerprint density at radius 3 is 2.84 bits per heavy atom. The van der Waals surface area contributed by atoms with Gasteiger partial charge in [0.15, 0.2) is 0 Å². The summed E-state index contributed by atoms with van der Waals surface area (Å²) in [6, 6.07) is 10.5. The van der Waals surface area contributed by atoms with Crippen molar-refractivity contribution in [1.82, 2.24) is 20.3 Å². The molecule has 0 fully saturated rings. The molecular weight excluding hydrogens is 447 g/mol. The minimum absolute atomic E-state index is 0. The van der Waals surface area contributed by atoms with Gasteiger partial charge < -0.3 is 10.4 Å². The number of nitrogens with zero attached hydrogens (tertiary/aromatic N) is 3. The van der Waals surface area contributed by atoms with Crippen molar-refractivity contribution in [2.24, 2.45) is 0 Å². The zero-order valence-electron chi connectivity index (χ0n) is 18.2. The number of unbranched alkanes of at least 4 members (excludes halogenated alkanes) is 1. The predicted octanol–water partition coefficient (Wildman–Crippen LogP) is 4.80. The standard InChI is InChI=1S/C24H28N4O2.2ClH/c1-3-4-5-12-28-22-9-8-20(16(2)24(22)26-27-28)21(14-23(29)30)18-7-6-17-10-11-25-15-19(17)13-18;;/h3,6-9,13,21,25H,1,4-5,10-12,14-15H2,2H3,(H,29,30);2*1H/t21-;;/m0../s1. The van der Waals surface area contributed by atoms with Crippen molar-refractivity contribution in [1.29, 1.82) is 0 Å². The van der Waals surface area contributed by atoms with Crippen LogP contribution >= 0.6 is 24.8 Å². The van der Waals surface area contributed by atoms with Gasteiger partial charge in [-0.3, -0.25) is 4.79 Å². The summed E-state index contributed by atoms with van der Waals surface area (Å²) < 4.78 is 1.92. The van der Waals surface area contributed by atoms with Gasteiger partial charge in [0.05, 0.1) is 11.9 Å². The van der Waals surface area contributed by atoms with E-state index in [1.807, 2.05) is 23.7 Å². The third kappa shape index (κ3) is 5.31. The molecule has 4 rings (SSSR count). The lowest BCUT2D eigenvalue weighted by atomic mass is 9.83. The second kappa shape index (κ2) is 11.5. The molecule has 0 amide bonds. The lowest BCUT2D eigenvalue weighted by Crippen LogP contribution is -2.24. The summed E-state index contributed by atoms with van der Waals surface area (Å²) >= 11 is 0. The summed E-state index contributed by atoms with van der Waals surface area (Å²) in [7, 11) is 0. The molecule has 1 aliphatic heterocycles. The number of fused-ring (bicyclic) bond motifs is 2. The van der Waals surface area contributed by atoms with Crippen LogP contribution in [0, 0.1) is 6.92 Å². The van der Waals surface area contributed by atoms with Gasteiger partial charge in [-0.1, -0.05) is 35.6 Å². The zero-order chi connectivity index (χ0) is 21.1. The molecule has 32 heavy (non-hydrogen) atoms. The Kier molecular flexibility index (Phi) is 9.25. The molecule has 8 heteroatoms. The average molecular weight is 477 g/mol. The van der Waals surface area contributed by atoms with Gasteiger partial charge in [0.25, 0.3) is 0 Å². The SMILES string of the molecule is C=CCCCn1nnc2c(C)c([C@@H](CC(=O)O)c3ccc4c(c3)CNCC4)ccc21.Cl.Cl. The molecule has 2 N–H and O–H groups in total. The Hall–Kier alpha value is -2.41. The van der Waals surface area contributed by atoms with Gasteiger partial charge in [-0.05, 0) is 66.6 Å². The molecule has 0 saturated carbocycles. The number of benzene rings is 2. The van der Waals surface area contributed by atoms with Gasteiger partial charge in [-0.2, -0.15) is 0 Å². The average Bonchev–Trinajstić information content (AvgIpc) is 3.16. The third-order valence-electron chi connectivity index (χ3n) is 6.03. The molecule has 1 aromatic heterocycles. The van der Waals surface area contributed by atoms with Gasteiger partial charge in [0.2, 0.25) is 0 Å². The molecule has 1 aliphatic rings. The van der Waals surface area contributed by atoms with E-state index >= 15 is 0 Å². The summed E-state index contributed by atoms with van der Waals surface area (Å²) in [4.78, 5) is 11.7. The number of carboxylic acids is 1. The molecule has 0 unspecified atom stereocenters. The van der Waals surface area contributed by atoms with Gasteiger partial charge in [0, 0.05) is 19.0 Å². The van der Waals surface area contributed by atoms with E-state index in [0.717, 1.165) is 66.6 Å². The molecule has 2 aromatic carbocycles. The number of aryl methyl sites for hydroxylation is 2.